The monoisotopic (exact) mass is 657 g/mol. The standard InChI is InChI=1S/C37H37BrClNO3/c1-36(2)17-28-34(30(41)19-36)33(26-16-25(38)14-15-32(26)43-22-24-12-8-9-13-27(24)39)35-29(18-37(3,4)20-31(35)42)40(28)21-23-10-6-5-7-11-23/h5-16,33H,17-22H2,1-4H3. The molecule has 0 N–H and O–H groups in total. The highest BCUT2D eigenvalue weighted by molar-refractivity contribution is 9.10. The number of allylic oxidation sites excluding steroid dienone is 4. The Morgan fingerprint density at radius 2 is 1.40 bits per heavy atom. The van der Waals surface area contributed by atoms with Crippen molar-refractivity contribution in [1.82, 2.24) is 4.90 Å². The number of hydrogen-bond donors (Lipinski definition) is 0. The van der Waals surface area contributed by atoms with Crippen LogP contribution in [0.2, 0.25) is 5.02 Å². The minimum atomic E-state index is -0.497. The van der Waals surface area contributed by atoms with Crippen LogP contribution in [-0.4, -0.2) is 16.5 Å². The van der Waals surface area contributed by atoms with Crippen molar-refractivity contribution in [3.05, 3.63) is 122 Å². The number of Topliss-reactive ketones (excluding diaryl/α,β-unsaturated/α-hetero) is 2. The first-order valence-electron chi connectivity index (χ1n) is 14.9. The predicted molar refractivity (Wildman–Crippen MR) is 175 cm³/mol. The van der Waals surface area contributed by atoms with Crippen molar-refractivity contribution in [2.24, 2.45) is 10.8 Å². The Balaban J connectivity index is 1.55. The maximum atomic E-state index is 14.3. The van der Waals surface area contributed by atoms with Gasteiger partial charge in [-0.15, -0.1) is 0 Å². The second-order valence-electron chi connectivity index (χ2n) is 13.7. The van der Waals surface area contributed by atoms with E-state index in [4.69, 9.17) is 16.3 Å². The summed E-state index contributed by atoms with van der Waals surface area (Å²) in [6.07, 6.45) is 2.39. The molecule has 0 saturated carbocycles. The number of carbonyl (C=O) groups excluding carboxylic acids is 2. The highest BCUT2D eigenvalue weighted by Gasteiger charge is 2.49. The summed E-state index contributed by atoms with van der Waals surface area (Å²) in [5, 5.41) is 0.639. The van der Waals surface area contributed by atoms with Crippen LogP contribution in [0.25, 0.3) is 0 Å². The molecule has 0 fully saturated rings. The van der Waals surface area contributed by atoms with Crippen molar-refractivity contribution in [3.8, 4) is 5.75 Å². The van der Waals surface area contributed by atoms with Crippen molar-refractivity contribution in [1.29, 1.82) is 0 Å². The second kappa shape index (κ2) is 11.4. The number of carbonyl (C=O) groups is 2. The molecule has 1 heterocycles. The molecule has 1 aliphatic heterocycles. The van der Waals surface area contributed by atoms with Gasteiger partial charge in [-0.2, -0.15) is 0 Å². The molecule has 222 valence electrons. The second-order valence-corrected chi connectivity index (χ2v) is 15.0. The molecule has 0 saturated heterocycles. The van der Waals surface area contributed by atoms with Gasteiger partial charge in [0.2, 0.25) is 0 Å². The molecule has 0 unspecified atom stereocenters. The van der Waals surface area contributed by atoms with E-state index in [1.165, 1.54) is 0 Å². The van der Waals surface area contributed by atoms with Crippen LogP contribution in [0.4, 0.5) is 0 Å². The van der Waals surface area contributed by atoms with Crippen molar-refractivity contribution in [3.63, 3.8) is 0 Å². The summed E-state index contributed by atoms with van der Waals surface area (Å²) < 4.78 is 7.33. The molecule has 6 rings (SSSR count). The summed E-state index contributed by atoms with van der Waals surface area (Å²) >= 11 is 10.1. The lowest BCUT2D eigenvalue weighted by molar-refractivity contribution is -0.119. The lowest BCUT2D eigenvalue weighted by Gasteiger charge is -2.49. The number of nitrogens with zero attached hydrogens (tertiary/aromatic N) is 1. The summed E-state index contributed by atoms with van der Waals surface area (Å²) in [7, 11) is 0. The van der Waals surface area contributed by atoms with Crippen LogP contribution in [0.15, 0.2) is 99.8 Å². The number of ketones is 2. The zero-order valence-corrected chi connectivity index (χ0v) is 27.5. The number of halogens is 2. The Morgan fingerprint density at radius 1 is 0.814 bits per heavy atom. The summed E-state index contributed by atoms with van der Waals surface area (Å²) in [6, 6.07) is 23.9. The van der Waals surface area contributed by atoms with Gasteiger partial charge in [-0.3, -0.25) is 9.59 Å². The zero-order chi connectivity index (χ0) is 30.5. The number of hydrogen-bond acceptors (Lipinski definition) is 4. The molecule has 43 heavy (non-hydrogen) atoms. The summed E-state index contributed by atoms with van der Waals surface area (Å²) in [4.78, 5) is 30.8. The van der Waals surface area contributed by atoms with E-state index < -0.39 is 5.92 Å². The number of ether oxygens (including phenoxy) is 1. The minimum absolute atomic E-state index is 0.107. The SMILES string of the molecule is CC1(C)CC(=O)C2=C(C1)N(Cc1ccccc1)C1=C(C(=O)CC(C)(C)C1)C2c1cc(Br)ccc1OCc1ccccc1Cl. The Kier molecular flexibility index (Phi) is 7.93. The highest BCUT2D eigenvalue weighted by atomic mass is 79.9. The smallest absolute Gasteiger partial charge is 0.162 e. The third-order valence-corrected chi connectivity index (χ3v) is 9.69. The van der Waals surface area contributed by atoms with Gasteiger partial charge in [0.25, 0.3) is 0 Å². The molecule has 0 amide bonds. The van der Waals surface area contributed by atoms with Gasteiger partial charge in [0.15, 0.2) is 11.6 Å². The molecule has 2 aliphatic carbocycles. The predicted octanol–water partition coefficient (Wildman–Crippen LogP) is 9.57. The van der Waals surface area contributed by atoms with Crippen molar-refractivity contribution >= 4 is 39.1 Å². The summed E-state index contributed by atoms with van der Waals surface area (Å²) in [6.45, 7) is 9.57. The fraction of sp³-hybridized carbons (Fsp3) is 0.351. The molecule has 3 aromatic rings. The quantitative estimate of drug-likeness (QED) is 0.265. The van der Waals surface area contributed by atoms with Crippen molar-refractivity contribution in [2.45, 2.75) is 72.4 Å². The lowest BCUT2D eigenvalue weighted by Crippen LogP contribution is -2.44. The van der Waals surface area contributed by atoms with E-state index in [0.29, 0.717) is 30.2 Å². The molecular formula is C37H37BrClNO3. The van der Waals surface area contributed by atoms with E-state index >= 15 is 0 Å². The van der Waals surface area contributed by atoms with Crippen molar-refractivity contribution in [2.75, 3.05) is 0 Å². The van der Waals surface area contributed by atoms with Crippen LogP contribution < -0.4 is 4.74 Å². The van der Waals surface area contributed by atoms with Crippen LogP contribution in [0, 0.1) is 10.8 Å². The molecule has 0 bridgehead atoms. The highest BCUT2D eigenvalue weighted by Crippen LogP contribution is 2.56. The third-order valence-electron chi connectivity index (χ3n) is 8.83. The molecular weight excluding hydrogens is 622 g/mol. The maximum Gasteiger partial charge on any atom is 0.162 e. The van der Waals surface area contributed by atoms with Gasteiger partial charge >= 0.3 is 0 Å². The van der Waals surface area contributed by atoms with Gasteiger partial charge in [-0.05, 0) is 53.5 Å². The summed E-state index contributed by atoms with van der Waals surface area (Å²) in [5.74, 6) is 0.368. The Hall–Kier alpha value is -3.15. The number of benzene rings is 3. The van der Waals surface area contributed by atoms with Crippen LogP contribution >= 0.6 is 27.5 Å². The van der Waals surface area contributed by atoms with E-state index in [-0.39, 0.29) is 29.0 Å². The zero-order valence-electron chi connectivity index (χ0n) is 25.2. The van der Waals surface area contributed by atoms with Gasteiger partial charge < -0.3 is 9.64 Å². The Labute approximate surface area is 267 Å². The molecule has 3 aliphatic rings. The van der Waals surface area contributed by atoms with Gasteiger partial charge in [-0.1, -0.05) is 104 Å². The maximum absolute atomic E-state index is 14.3. The van der Waals surface area contributed by atoms with Crippen LogP contribution in [-0.2, 0) is 22.7 Å². The van der Waals surface area contributed by atoms with Gasteiger partial charge in [-0.25, -0.2) is 0 Å². The van der Waals surface area contributed by atoms with E-state index in [9.17, 15) is 9.59 Å². The first-order chi connectivity index (χ1) is 20.4. The number of rotatable bonds is 6. The van der Waals surface area contributed by atoms with Crippen LogP contribution in [0.3, 0.4) is 0 Å². The van der Waals surface area contributed by atoms with Gasteiger partial charge in [0.1, 0.15) is 12.4 Å². The van der Waals surface area contributed by atoms with E-state index in [1.807, 2.05) is 60.7 Å². The van der Waals surface area contributed by atoms with E-state index in [0.717, 1.165) is 56.5 Å². The molecule has 0 atom stereocenters. The average molecular weight is 659 g/mol. The Morgan fingerprint density at radius 3 is 2.00 bits per heavy atom. The fourth-order valence-corrected chi connectivity index (χ4v) is 7.53. The van der Waals surface area contributed by atoms with E-state index in [2.05, 4.69) is 60.7 Å². The molecule has 0 aromatic heterocycles. The largest absolute Gasteiger partial charge is 0.489 e. The first kappa shape index (κ1) is 29.9. The first-order valence-corrected chi connectivity index (χ1v) is 16.1. The third kappa shape index (κ3) is 5.99. The van der Waals surface area contributed by atoms with Gasteiger partial charge in [0, 0.05) is 68.5 Å². The van der Waals surface area contributed by atoms with E-state index in [1.54, 1.807) is 0 Å². The van der Waals surface area contributed by atoms with Crippen LogP contribution in [0.1, 0.15) is 76.0 Å². The molecule has 0 radical (unpaired) electrons. The molecule has 3 aromatic carbocycles. The topological polar surface area (TPSA) is 46.6 Å². The van der Waals surface area contributed by atoms with Gasteiger partial charge in [0.05, 0.1) is 0 Å². The molecule has 0 spiro atoms. The summed E-state index contributed by atoms with van der Waals surface area (Å²) in [5.41, 5.74) is 6.03. The minimum Gasteiger partial charge on any atom is -0.489 e. The van der Waals surface area contributed by atoms with Crippen LogP contribution in [0.5, 0.6) is 5.75 Å². The Bertz CT molecular complexity index is 1620. The molecule has 6 heteroatoms. The normalized spacial score (nSPS) is 19.8. The fourth-order valence-electron chi connectivity index (χ4n) is 6.96. The lowest BCUT2D eigenvalue weighted by atomic mass is 9.63. The average Bonchev–Trinajstić information content (AvgIpc) is 2.93. The van der Waals surface area contributed by atoms with Crippen molar-refractivity contribution < 1.29 is 14.3 Å². The molecule has 4 nitrogen and oxygen atoms in total.